The Kier molecular flexibility index (Phi) is 6.79. The van der Waals surface area contributed by atoms with Gasteiger partial charge in [0, 0.05) is 10.9 Å². The SMILES string of the molecule is CSC(C)CCN(C)CCCc1c(C)n[nH]c1C. The van der Waals surface area contributed by atoms with Crippen molar-refractivity contribution in [3.8, 4) is 0 Å². The molecule has 0 saturated heterocycles. The molecule has 0 spiro atoms. The van der Waals surface area contributed by atoms with Crippen molar-refractivity contribution in [3.63, 3.8) is 0 Å². The number of H-pyrrole nitrogens is 1. The fraction of sp³-hybridized carbons (Fsp3) is 0.786. The first-order chi connectivity index (χ1) is 8.54. The quantitative estimate of drug-likeness (QED) is 0.787. The third-order valence-electron chi connectivity index (χ3n) is 3.57. The average Bonchev–Trinajstić information content (AvgIpc) is 2.67. The molecule has 104 valence electrons. The molecular formula is C14H27N3S. The molecule has 18 heavy (non-hydrogen) atoms. The maximum Gasteiger partial charge on any atom is 0.0625 e. The summed E-state index contributed by atoms with van der Waals surface area (Å²) in [7, 11) is 2.22. The Hall–Kier alpha value is -0.480. The first-order valence-electron chi connectivity index (χ1n) is 6.76. The first kappa shape index (κ1) is 15.6. The highest BCUT2D eigenvalue weighted by molar-refractivity contribution is 7.99. The van der Waals surface area contributed by atoms with Crippen LogP contribution in [0.15, 0.2) is 0 Å². The molecule has 1 unspecified atom stereocenters. The van der Waals surface area contributed by atoms with Crippen LogP contribution >= 0.6 is 11.8 Å². The molecule has 1 aromatic heterocycles. The van der Waals surface area contributed by atoms with Crippen LogP contribution in [0.4, 0.5) is 0 Å². The van der Waals surface area contributed by atoms with Crippen molar-refractivity contribution in [2.75, 3.05) is 26.4 Å². The van der Waals surface area contributed by atoms with Crippen LogP contribution in [0.5, 0.6) is 0 Å². The Labute approximate surface area is 116 Å². The second-order valence-corrected chi connectivity index (χ2v) is 6.43. The fourth-order valence-electron chi connectivity index (χ4n) is 2.10. The van der Waals surface area contributed by atoms with Gasteiger partial charge in [0.15, 0.2) is 0 Å². The molecule has 0 fully saturated rings. The van der Waals surface area contributed by atoms with Gasteiger partial charge < -0.3 is 4.90 Å². The summed E-state index contributed by atoms with van der Waals surface area (Å²) in [6, 6.07) is 0. The molecular weight excluding hydrogens is 242 g/mol. The largest absolute Gasteiger partial charge is 0.306 e. The van der Waals surface area contributed by atoms with Crippen molar-refractivity contribution in [1.29, 1.82) is 0 Å². The highest BCUT2D eigenvalue weighted by Gasteiger charge is 2.07. The molecule has 0 aliphatic rings. The number of aromatic nitrogens is 2. The highest BCUT2D eigenvalue weighted by atomic mass is 32.2. The number of thioether (sulfide) groups is 1. The predicted octanol–water partition coefficient (Wildman–Crippen LogP) is 3.03. The van der Waals surface area contributed by atoms with E-state index in [9.17, 15) is 0 Å². The Morgan fingerprint density at radius 2 is 2.06 bits per heavy atom. The third kappa shape index (κ3) is 5.02. The van der Waals surface area contributed by atoms with Gasteiger partial charge in [-0.05, 0) is 65.1 Å². The van der Waals surface area contributed by atoms with Crippen molar-refractivity contribution < 1.29 is 0 Å². The Morgan fingerprint density at radius 3 is 2.61 bits per heavy atom. The van der Waals surface area contributed by atoms with Gasteiger partial charge in [0.2, 0.25) is 0 Å². The number of nitrogens with one attached hydrogen (secondary N) is 1. The van der Waals surface area contributed by atoms with Gasteiger partial charge in [-0.2, -0.15) is 16.9 Å². The van der Waals surface area contributed by atoms with E-state index in [2.05, 4.69) is 49.2 Å². The molecule has 1 atom stereocenters. The minimum absolute atomic E-state index is 0.769. The molecule has 0 saturated carbocycles. The van der Waals surface area contributed by atoms with Crippen LogP contribution in [0.2, 0.25) is 0 Å². The Balaban J connectivity index is 2.21. The van der Waals surface area contributed by atoms with Gasteiger partial charge in [0.25, 0.3) is 0 Å². The summed E-state index contributed by atoms with van der Waals surface area (Å²) in [4.78, 5) is 2.44. The van der Waals surface area contributed by atoms with Gasteiger partial charge >= 0.3 is 0 Å². The van der Waals surface area contributed by atoms with Gasteiger partial charge in [-0.1, -0.05) is 6.92 Å². The summed E-state index contributed by atoms with van der Waals surface area (Å²) in [5.41, 5.74) is 3.79. The van der Waals surface area contributed by atoms with E-state index in [4.69, 9.17) is 0 Å². The van der Waals surface area contributed by atoms with Crippen LogP contribution in [0, 0.1) is 13.8 Å². The van der Waals surface area contributed by atoms with Crippen LogP contribution < -0.4 is 0 Å². The summed E-state index contributed by atoms with van der Waals surface area (Å²) in [6.07, 6.45) is 5.82. The molecule has 1 aromatic rings. The molecule has 4 heteroatoms. The standard InChI is InChI=1S/C14H27N3S/c1-11(18-5)8-10-17(4)9-6-7-14-12(2)15-16-13(14)3/h11H,6-10H2,1-5H3,(H,15,16). The van der Waals surface area contributed by atoms with E-state index in [1.807, 2.05) is 11.8 Å². The molecule has 1 rings (SSSR count). The van der Waals surface area contributed by atoms with Crippen molar-refractivity contribution in [2.45, 2.75) is 45.3 Å². The monoisotopic (exact) mass is 269 g/mol. The fourth-order valence-corrected chi connectivity index (χ4v) is 2.44. The molecule has 0 amide bonds. The van der Waals surface area contributed by atoms with Crippen LogP contribution in [-0.4, -0.2) is 46.7 Å². The lowest BCUT2D eigenvalue weighted by Gasteiger charge is -2.18. The van der Waals surface area contributed by atoms with Crippen LogP contribution in [-0.2, 0) is 6.42 Å². The zero-order chi connectivity index (χ0) is 13.5. The van der Waals surface area contributed by atoms with Crippen molar-refractivity contribution in [3.05, 3.63) is 17.0 Å². The Morgan fingerprint density at radius 1 is 1.33 bits per heavy atom. The molecule has 3 nitrogen and oxygen atoms in total. The number of hydrogen-bond donors (Lipinski definition) is 1. The molecule has 0 aliphatic carbocycles. The normalized spacial score (nSPS) is 13.2. The predicted molar refractivity (Wildman–Crippen MR) is 81.5 cm³/mol. The van der Waals surface area contributed by atoms with E-state index in [1.54, 1.807) is 0 Å². The topological polar surface area (TPSA) is 31.9 Å². The van der Waals surface area contributed by atoms with Crippen LogP contribution in [0.1, 0.15) is 36.7 Å². The van der Waals surface area contributed by atoms with E-state index < -0.39 is 0 Å². The maximum atomic E-state index is 4.24. The van der Waals surface area contributed by atoms with Crippen LogP contribution in [0.25, 0.3) is 0 Å². The number of rotatable bonds is 8. The maximum absolute atomic E-state index is 4.24. The second kappa shape index (κ2) is 7.85. The lowest BCUT2D eigenvalue weighted by atomic mass is 10.1. The smallest absolute Gasteiger partial charge is 0.0625 e. The van der Waals surface area contributed by atoms with E-state index in [-0.39, 0.29) is 0 Å². The first-order valence-corrected chi connectivity index (χ1v) is 8.05. The van der Waals surface area contributed by atoms with Gasteiger partial charge in [-0.25, -0.2) is 0 Å². The number of nitrogens with zero attached hydrogens (tertiary/aromatic N) is 2. The average molecular weight is 269 g/mol. The van der Waals surface area contributed by atoms with Crippen molar-refractivity contribution >= 4 is 11.8 Å². The van der Waals surface area contributed by atoms with Crippen LogP contribution in [0.3, 0.4) is 0 Å². The van der Waals surface area contributed by atoms with E-state index in [0.717, 1.165) is 17.4 Å². The molecule has 0 aliphatic heterocycles. The summed E-state index contributed by atoms with van der Waals surface area (Å²) < 4.78 is 0. The summed E-state index contributed by atoms with van der Waals surface area (Å²) in [5.74, 6) is 0. The zero-order valence-corrected chi connectivity index (χ0v) is 13.2. The van der Waals surface area contributed by atoms with Crippen molar-refractivity contribution in [1.82, 2.24) is 15.1 Å². The molecule has 0 bridgehead atoms. The van der Waals surface area contributed by atoms with Gasteiger partial charge in [-0.3, -0.25) is 5.10 Å². The minimum Gasteiger partial charge on any atom is -0.306 e. The second-order valence-electron chi connectivity index (χ2n) is 5.15. The van der Waals surface area contributed by atoms with Crippen molar-refractivity contribution in [2.24, 2.45) is 0 Å². The lowest BCUT2D eigenvalue weighted by Crippen LogP contribution is -2.23. The summed E-state index contributed by atoms with van der Waals surface area (Å²) >= 11 is 1.95. The molecule has 1 heterocycles. The van der Waals surface area contributed by atoms with Gasteiger partial charge in [-0.15, -0.1) is 0 Å². The number of hydrogen-bond acceptors (Lipinski definition) is 3. The van der Waals surface area contributed by atoms with Gasteiger partial charge in [0.1, 0.15) is 0 Å². The molecule has 1 N–H and O–H groups in total. The molecule has 0 aromatic carbocycles. The number of aromatic amines is 1. The third-order valence-corrected chi connectivity index (χ3v) is 4.61. The zero-order valence-electron chi connectivity index (χ0n) is 12.4. The number of aryl methyl sites for hydroxylation is 2. The Bertz CT molecular complexity index is 329. The minimum atomic E-state index is 0.769. The van der Waals surface area contributed by atoms with E-state index in [0.29, 0.717) is 0 Å². The highest BCUT2D eigenvalue weighted by Crippen LogP contribution is 2.13. The summed E-state index contributed by atoms with van der Waals surface area (Å²) in [5, 5.41) is 8.07. The molecule has 0 radical (unpaired) electrons. The van der Waals surface area contributed by atoms with Gasteiger partial charge in [0.05, 0.1) is 5.69 Å². The summed E-state index contributed by atoms with van der Waals surface area (Å²) in [6.45, 7) is 8.87. The van der Waals surface area contributed by atoms with E-state index in [1.165, 1.54) is 37.2 Å². The lowest BCUT2D eigenvalue weighted by molar-refractivity contribution is 0.325. The van der Waals surface area contributed by atoms with E-state index >= 15 is 0 Å².